The van der Waals surface area contributed by atoms with Crippen LogP contribution in [0.25, 0.3) is 0 Å². The van der Waals surface area contributed by atoms with Gasteiger partial charge in [0.15, 0.2) is 0 Å². The van der Waals surface area contributed by atoms with Crippen LogP contribution in [0.15, 0.2) is 65.0 Å². The number of rotatable bonds is 10. The number of unbranched alkanes of at least 4 members (excludes halogenated alkanes) is 1. The molecule has 1 aromatic heterocycles. The Labute approximate surface area is 211 Å². The predicted molar refractivity (Wildman–Crippen MR) is 142 cm³/mol. The minimum atomic E-state index is -0.413. The molecule has 0 spiro atoms. The van der Waals surface area contributed by atoms with Crippen LogP contribution in [0, 0.1) is 6.92 Å². The van der Waals surface area contributed by atoms with Gasteiger partial charge in [0.05, 0.1) is 12.2 Å². The molecule has 1 aliphatic rings. The molecule has 3 aromatic rings. The Hall–Kier alpha value is -3.26. The van der Waals surface area contributed by atoms with Crippen LogP contribution in [0.3, 0.4) is 0 Å². The highest BCUT2D eigenvalue weighted by Crippen LogP contribution is 2.37. The lowest BCUT2D eigenvalue weighted by molar-refractivity contribution is -0.113. The third-order valence-electron chi connectivity index (χ3n) is 5.75. The molecule has 0 saturated carbocycles. The standard InChI is InChI=1S/C27H33N5O2S/c1-5-7-15-34-22-13-11-20(12-14-22)24-23(25(33)29-21-10-8-9-18(3)17-21)19(4)28-26-30-27(31-32(24)26)35-16-6-2/h8-14,17,24H,5-7,15-16H2,1-4H3,(H,29,33)(H,28,30,31). The van der Waals surface area contributed by atoms with Gasteiger partial charge in [-0.3, -0.25) is 4.79 Å². The number of ether oxygens (including phenoxy) is 1. The van der Waals surface area contributed by atoms with Gasteiger partial charge in [-0.2, -0.15) is 4.98 Å². The maximum Gasteiger partial charge on any atom is 0.255 e. The number of allylic oxidation sites excluding steroid dienone is 1. The van der Waals surface area contributed by atoms with Gasteiger partial charge < -0.3 is 15.4 Å². The maximum absolute atomic E-state index is 13.6. The summed E-state index contributed by atoms with van der Waals surface area (Å²) in [5.41, 5.74) is 4.16. The summed E-state index contributed by atoms with van der Waals surface area (Å²) in [6.45, 7) is 8.89. The molecule has 0 bridgehead atoms. The van der Waals surface area contributed by atoms with Crippen molar-refractivity contribution >= 4 is 29.3 Å². The van der Waals surface area contributed by atoms with E-state index in [-0.39, 0.29) is 5.91 Å². The highest BCUT2D eigenvalue weighted by atomic mass is 32.2. The smallest absolute Gasteiger partial charge is 0.255 e. The van der Waals surface area contributed by atoms with E-state index in [0.29, 0.717) is 23.3 Å². The van der Waals surface area contributed by atoms with Crippen molar-refractivity contribution in [1.82, 2.24) is 14.8 Å². The van der Waals surface area contributed by atoms with Gasteiger partial charge >= 0.3 is 0 Å². The number of aryl methyl sites for hydroxylation is 1. The van der Waals surface area contributed by atoms with Gasteiger partial charge in [-0.05, 0) is 62.1 Å². The monoisotopic (exact) mass is 491 g/mol. The molecule has 184 valence electrons. The van der Waals surface area contributed by atoms with Crippen LogP contribution in [0.4, 0.5) is 11.6 Å². The molecule has 2 N–H and O–H groups in total. The van der Waals surface area contributed by atoms with Crippen molar-refractivity contribution in [3.63, 3.8) is 0 Å². The van der Waals surface area contributed by atoms with E-state index >= 15 is 0 Å². The lowest BCUT2D eigenvalue weighted by atomic mass is 9.95. The number of nitrogens with one attached hydrogen (secondary N) is 2. The number of carbonyl (C=O) groups is 1. The third kappa shape index (κ3) is 5.88. The number of aromatic nitrogens is 3. The second kappa shape index (κ2) is 11.4. The number of anilines is 2. The summed E-state index contributed by atoms with van der Waals surface area (Å²) in [4.78, 5) is 18.3. The van der Waals surface area contributed by atoms with Crippen molar-refractivity contribution < 1.29 is 9.53 Å². The fourth-order valence-corrected chi connectivity index (χ4v) is 4.67. The van der Waals surface area contributed by atoms with Gasteiger partial charge in [-0.15, -0.1) is 5.10 Å². The molecule has 0 fully saturated rings. The lowest BCUT2D eigenvalue weighted by Crippen LogP contribution is -2.31. The van der Waals surface area contributed by atoms with Gasteiger partial charge in [0.1, 0.15) is 11.8 Å². The van der Waals surface area contributed by atoms with E-state index in [1.54, 1.807) is 11.8 Å². The van der Waals surface area contributed by atoms with Crippen LogP contribution in [-0.2, 0) is 4.79 Å². The average Bonchev–Trinajstić information content (AvgIpc) is 3.24. The van der Waals surface area contributed by atoms with E-state index < -0.39 is 6.04 Å². The summed E-state index contributed by atoms with van der Waals surface area (Å²) in [5, 5.41) is 11.9. The quantitative estimate of drug-likeness (QED) is 0.260. The Morgan fingerprint density at radius 2 is 1.94 bits per heavy atom. The topological polar surface area (TPSA) is 81.1 Å². The molecule has 0 saturated heterocycles. The number of thioether (sulfide) groups is 1. The van der Waals surface area contributed by atoms with Crippen LogP contribution in [0.5, 0.6) is 5.75 Å². The van der Waals surface area contributed by atoms with Gasteiger partial charge in [0.2, 0.25) is 11.1 Å². The van der Waals surface area contributed by atoms with E-state index in [1.807, 2.05) is 67.1 Å². The molecule has 0 aliphatic carbocycles. The van der Waals surface area contributed by atoms with Crippen molar-refractivity contribution in [2.45, 2.75) is 58.2 Å². The van der Waals surface area contributed by atoms with Crippen LogP contribution in [0.2, 0.25) is 0 Å². The zero-order valence-corrected chi connectivity index (χ0v) is 21.6. The minimum Gasteiger partial charge on any atom is -0.494 e. The van der Waals surface area contributed by atoms with E-state index in [9.17, 15) is 4.79 Å². The Morgan fingerprint density at radius 3 is 2.66 bits per heavy atom. The van der Waals surface area contributed by atoms with Crippen molar-refractivity contribution in [1.29, 1.82) is 0 Å². The highest BCUT2D eigenvalue weighted by Gasteiger charge is 2.34. The summed E-state index contributed by atoms with van der Waals surface area (Å²) in [6, 6.07) is 15.3. The molecule has 1 unspecified atom stereocenters. The molecule has 7 nitrogen and oxygen atoms in total. The second-order valence-electron chi connectivity index (χ2n) is 8.67. The van der Waals surface area contributed by atoms with Gasteiger partial charge in [-0.1, -0.05) is 56.3 Å². The third-order valence-corrected chi connectivity index (χ3v) is 6.79. The van der Waals surface area contributed by atoms with Crippen LogP contribution < -0.4 is 15.4 Å². The Kier molecular flexibility index (Phi) is 8.13. The zero-order valence-electron chi connectivity index (χ0n) is 20.8. The van der Waals surface area contributed by atoms with Gasteiger partial charge in [0, 0.05) is 17.1 Å². The summed E-state index contributed by atoms with van der Waals surface area (Å²) < 4.78 is 7.67. The molecule has 8 heteroatoms. The Morgan fingerprint density at radius 1 is 1.14 bits per heavy atom. The van der Waals surface area contributed by atoms with Gasteiger partial charge in [-0.25, -0.2) is 4.68 Å². The summed E-state index contributed by atoms with van der Waals surface area (Å²) in [7, 11) is 0. The second-order valence-corrected chi connectivity index (χ2v) is 9.73. The number of hydrogen-bond donors (Lipinski definition) is 2. The summed E-state index contributed by atoms with van der Waals surface area (Å²) in [6.07, 6.45) is 3.14. The maximum atomic E-state index is 13.6. The fraction of sp³-hybridized carbons (Fsp3) is 0.370. The first-order chi connectivity index (χ1) is 17.0. The SMILES string of the molecule is CCCCOc1ccc(C2C(C(=O)Nc3cccc(C)c3)=C(C)Nc3nc(SCCC)nn32)cc1. The normalized spacial score (nSPS) is 14.9. The fourth-order valence-electron chi connectivity index (χ4n) is 3.99. The van der Waals surface area contributed by atoms with Crippen molar-refractivity contribution in [3.8, 4) is 5.75 Å². The first-order valence-corrected chi connectivity index (χ1v) is 13.2. The lowest BCUT2D eigenvalue weighted by Gasteiger charge is -2.28. The largest absolute Gasteiger partial charge is 0.494 e. The van der Waals surface area contributed by atoms with Crippen LogP contribution >= 0.6 is 11.8 Å². The van der Waals surface area contributed by atoms with Crippen molar-refractivity contribution in [3.05, 3.63) is 70.9 Å². The molecule has 2 aromatic carbocycles. The number of fused-ring (bicyclic) bond motifs is 1. The number of benzene rings is 2. The number of amides is 1. The Bertz CT molecular complexity index is 1200. The summed E-state index contributed by atoms with van der Waals surface area (Å²) in [5.74, 6) is 2.23. The van der Waals surface area contributed by atoms with Gasteiger partial charge in [0.25, 0.3) is 5.91 Å². The number of nitrogens with zero attached hydrogens (tertiary/aromatic N) is 3. The molecule has 35 heavy (non-hydrogen) atoms. The first kappa shape index (κ1) is 24.9. The van der Waals surface area contributed by atoms with E-state index in [4.69, 9.17) is 9.84 Å². The molecule has 0 radical (unpaired) electrons. The molecular weight excluding hydrogens is 458 g/mol. The molecular formula is C27H33N5O2S. The molecule has 1 amide bonds. The number of carbonyl (C=O) groups excluding carboxylic acids is 1. The zero-order chi connectivity index (χ0) is 24.8. The van der Waals surface area contributed by atoms with Crippen molar-refractivity contribution in [2.24, 2.45) is 0 Å². The molecule has 4 rings (SSSR count). The highest BCUT2D eigenvalue weighted by molar-refractivity contribution is 7.99. The predicted octanol–water partition coefficient (Wildman–Crippen LogP) is 6.20. The Balaban J connectivity index is 1.69. The van der Waals surface area contributed by atoms with E-state index in [1.165, 1.54) is 0 Å². The molecule has 1 atom stereocenters. The summed E-state index contributed by atoms with van der Waals surface area (Å²) >= 11 is 1.62. The number of hydrogen-bond acceptors (Lipinski definition) is 6. The van der Waals surface area contributed by atoms with E-state index in [2.05, 4.69) is 29.5 Å². The average molecular weight is 492 g/mol. The van der Waals surface area contributed by atoms with Crippen LogP contribution in [-0.4, -0.2) is 33.0 Å². The minimum absolute atomic E-state index is 0.169. The van der Waals surface area contributed by atoms with Crippen LogP contribution in [0.1, 0.15) is 57.2 Å². The van der Waals surface area contributed by atoms with Crippen molar-refractivity contribution in [2.75, 3.05) is 23.0 Å². The van der Waals surface area contributed by atoms with E-state index in [0.717, 1.165) is 53.3 Å². The molecule has 1 aliphatic heterocycles. The molecule has 2 heterocycles. The first-order valence-electron chi connectivity index (χ1n) is 12.2.